The van der Waals surface area contributed by atoms with Crippen LogP contribution in [-0.4, -0.2) is 28.3 Å². The summed E-state index contributed by atoms with van der Waals surface area (Å²) in [6.45, 7) is 0. The Morgan fingerprint density at radius 3 is 3.06 bits per heavy atom. The fourth-order valence-corrected chi connectivity index (χ4v) is 2.83. The van der Waals surface area contributed by atoms with E-state index in [1.807, 2.05) is 6.08 Å². The maximum atomic E-state index is 11.7. The third-order valence-corrected chi connectivity index (χ3v) is 3.65. The highest BCUT2D eigenvalue weighted by Gasteiger charge is 2.57. The van der Waals surface area contributed by atoms with Gasteiger partial charge in [-0.25, -0.2) is 0 Å². The van der Waals surface area contributed by atoms with Gasteiger partial charge in [-0.1, -0.05) is 6.08 Å². The minimum absolute atomic E-state index is 0.0628. The molecule has 1 aliphatic heterocycles. The summed E-state index contributed by atoms with van der Waals surface area (Å²) in [5.74, 6) is -0.0947. The number of hydrogen-bond donors (Lipinski definition) is 0. The first kappa shape index (κ1) is 9.33. The van der Waals surface area contributed by atoms with E-state index in [0.717, 1.165) is 5.57 Å². The highest BCUT2D eigenvalue weighted by atomic mass is 16.6. The van der Waals surface area contributed by atoms with E-state index in [-0.39, 0.29) is 22.4 Å². The van der Waals surface area contributed by atoms with Crippen LogP contribution < -0.4 is 0 Å². The molecule has 4 rings (SSSR count). The summed E-state index contributed by atoms with van der Waals surface area (Å²) < 4.78 is 0. The molecule has 1 amide bonds. The van der Waals surface area contributed by atoms with Crippen LogP contribution in [0, 0.1) is 16.0 Å². The normalized spacial score (nSPS) is 34.9. The number of rotatable bonds is 1. The molecule has 0 aromatic rings. The SMILES string of the molecule is CN1C(=O)C=C2CC3C=CC21C([N+](=O)[O-])=C3. The van der Waals surface area contributed by atoms with Crippen LogP contribution in [0.25, 0.3) is 0 Å². The van der Waals surface area contributed by atoms with Crippen molar-refractivity contribution >= 4 is 5.91 Å². The lowest BCUT2D eigenvalue weighted by atomic mass is 9.71. The molecule has 2 atom stereocenters. The summed E-state index contributed by atoms with van der Waals surface area (Å²) in [5, 5.41) is 11.1. The van der Waals surface area contributed by atoms with E-state index < -0.39 is 5.54 Å². The summed E-state index contributed by atoms with van der Waals surface area (Å²) >= 11 is 0. The van der Waals surface area contributed by atoms with Gasteiger partial charge in [0.15, 0.2) is 5.54 Å². The number of carbonyl (C=O) groups excluding carboxylic acids is 1. The zero-order chi connectivity index (χ0) is 11.5. The number of allylic oxidation sites excluding steroid dienone is 2. The Kier molecular flexibility index (Phi) is 1.52. The fourth-order valence-electron chi connectivity index (χ4n) is 2.83. The Hall–Kier alpha value is -1.91. The van der Waals surface area contributed by atoms with E-state index in [2.05, 4.69) is 0 Å². The number of amides is 1. The van der Waals surface area contributed by atoms with Gasteiger partial charge < -0.3 is 4.90 Å². The molecule has 5 nitrogen and oxygen atoms in total. The molecule has 82 valence electrons. The molecule has 2 unspecified atom stereocenters. The van der Waals surface area contributed by atoms with Crippen molar-refractivity contribution in [3.63, 3.8) is 0 Å². The monoisotopic (exact) mass is 218 g/mol. The molecule has 3 aliphatic carbocycles. The molecule has 2 bridgehead atoms. The second-order valence-electron chi connectivity index (χ2n) is 4.37. The lowest BCUT2D eigenvalue weighted by molar-refractivity contribution is -0.436. The largest absolute Gasteiger partial charge is 0.320 e. The van der Waals surface area contributed by atoms with Crippen LogP contribution in [-0.2, 0) is 4.79 Å². The number of carbonyl (C=O) groups is 1. The van der Waals surface area contributed by atoms with Crippen LogP contribution in [0.5, 0.6) is 0 Å². The van der Waals surface area contributed by atoms with Crippen molar-refractivity contribution in [3.8, 4) is 0 Å². The van der Waals surface area contributed by atoms with Crippen LogP contribution in [0.1, 0.15) is 6.42 Å². The van der Waals surface area contributed by atoms with Gasteiger partial charge in [0, 0.05) is 19.0 Å². The van der Waals surface area contributed by atoms with Crippen molar-refractivity contribution in [1.29, 1.82) is 0 Å². The average molecular weight is 218 g/mol. The molecule has 0 aromatic carbocycles. The van der Waals surface area contributed by atoms with E-state index in [1.165, 1.54) is 11.0 Å². The standard InChI is InChI=1S/C11H10N2O3/c1-12-10(14)6-8-4-7-2-3-11(8,12)9(5-7)13(15)16/h2-3,5-7H,4H2,1H3. The predicted octanol–water partition coefficient (Wildman–Crippen LogP) is 0.874. The van der Waals surface area contributed by atoms with Crippen LogP contribution in [0.3, 0.4) is 0 Å². The third kappa shape index (κ3) is 0.839. The van der Waals surface area contributed by atoms with Crippen LogP contribution in [0.15, 0.2) is 35.6 Å². The van der Waals surface area contributed by atoms with E-state index in [0.29, 0.717) is 6.42 Å². The molecule has 0 aromatic heterocycles. The summed E-state index contributed by atoms with van der Waals surface area (Å²) in [7, 11) is 1.61. The molecule has 5 heteroatoms. The summed E-state index contributed by atoms with van der Waals surface area (Å²) in [4.78, 5) is 23.8. The Labute approximate surface area is 91.9 Å². The smallest absolute Gasteiger partial charge is 0.276 e. The lowest BCUT2D eigenvalue weighted by Gasteiger charge is -2.40. The van der Waals surface area contributed by atoms with Gasteiger partial charge in [-0.2, -0.15) is 0 Å². The fraction of sp³-hybridized carbons (Fsp3) is 0.364. The number of nitro groups is 1. The highest BCUT2D eigenvalue weighted by molar-refractivity contribution is 5.94. The number of likely N-dealkylation sites (N-methyl/N-ethyl adjacent to an activating group) is 1. The van der Waals surface area contributed by atoms with Gasteiger partial charge in [0.05, 0.1) is 4.92 Å². The maximum Gasteiger partial charge on any atom is 0.276 e. The molecule has 0 saturated carbocycles. The zero-order valence-electron chi connectivity index (χ0n) is 8.71. The molecule has 1 heterocycles. The minimum Gasteiger partial charge on any atom is -0.320 e. The molecule has 0 radical (unpaired) electrons. The quantitative estimate of drug-likeness (QED) is 0.372. The summed E-state index contributed by atoms with van der Waals surface area (Å²) in [6.07, 6.45) is 7.64. The molecule has 16 heavy (non-hydrogen) atoms. The van der Waals surface area contributed by atoms with Crippen LogP contribution in [0.2, 0.25) is 0 Å². The first-order valence-corrected chi connectivity index (χ1v) is 5.10. The van der Waals surface area contributed by atoms with Crippen molar-refractivity contribution in [2.24, 2.45) is 5.92 Å². The van der Waals surface area contributed by atoms with E-state index in [9.17, 15) is 14.9 Å². The lowest BCUT2D eigenvalue weighted by Crippen LogP contribution is -2.51. The van der Waals surface area contributed by atoms with Gasteiger partial charge in [0.1, 0.15) is 0 Å². The Bertz CT molecular complexity index is 503. The summed E-state index contributed by atoms with van der Waals surface area (Å²) in [6, 6.07) is 0. The summed E-state index contributed by atoms with van der Waals surface area (Å²) in [5.41, 5.74) is 0.0579. The second-order valence-corrected chi connectivity index (χ2v) is 4.37. The van der Waals surface area contributed by atoms with Crippen LogP contribution in [0.4, 0.5) is 0 Å². The first-order valence-electron chi connectivity index (χ1n) is 5.10. The van der Waals surface area contributed by atoms with Gasteiger partial charge in [0.25, 0.3) is 5.70 Å². The van der Waals surface area contributed by atoms with Gasteiger partial charge in [-0.05, 0) is 24.1 Å². The minimum atomic E-state index is -0.907. The third-order valence-electron chi connectivity index (χ3n) is 3.65. The van der Waals surface area contributed by atoms with Crippen molar-refractivity contribution in [1.82, 2.24) is 4.90 Å². The van der Waals surface area contributed by atoms with Crippen molar-refractivity contribution in [2.75, 3.05) is 7.05 Å². The average Bonchev–Trinajstić information content (AvgIpc) is 2.52. The molecule has 0 saturated heterocycles. The van der Waals surface area contributed by atoms with Crippen molar-refractivity contribution < 1.29 is 9.72 Å². The number of hydrogen-bond acceptors (Lipinski definition) is 3. The molecular weight excluding hydrogens is 208 g/mol. The zero-order valence-corrected chi connectivity index (χ0v) is 8.71. The predicted molar refractivity (Wildman–Crippen MR) is 55.9 cm³/mol. The molecule has 4 aliphatic rings. The van der Waals surface area contributed by atoms with Gasteiger partial charge in [0.2, 0.25) is 5.91 Å². The first-order chi connectivity index (χ1) is 7.55. The topological polar surface area (TPSA) is 63.5 Å². The van der Waals surface area contributed by atoms with Crippen LogP contribution >= 0.6 is 0 Å². The maximum absolute atomic E-state index is 11.7. The van der Waals surface area contributed by atoms with Crippen molar-refractivity contribution in [2.45, 2.75) is 12.0 Å². The van der Waals surface area contributed by atoms with E-state index >= 15 is 0 Å². The number of nitrogens with zero attached hydrogens (tertiary/aromatic N) is 2. The van der Waals surface area contributed by atoms with E-state index in [1.54, 1.807) is 19.2 Å². The van der Waals surface area contributed by atoms with Gasteiger partial charge in [-0.3, -0.25) is 14.9 Å². The Morgan fingerprint density at radius 2 is 2.38 bits per heavy atom. The Morgan fingerprint density at radius 1 is 1.62 bits per heavy atom. The second kappa shape index (κ2) is 2.61. The molecule has 0 fully saturated rings. The van der Waals surface area contributed by atoms with Crippen molar-refractivity contribution in [3.05, 3.63) is 45.7 Å². The molecule has 1 spiro atoms. The van der Waals surface area contributed by atoms with Gasteiger partial charge >= 0.3 is 0 Å². The van der Waals surface area contributed by atoms with Gasteiger partial charge in [-0.15, -0.1) is 0 Å². The Balaban J connectivity index is 2.25. The van der Waals surface area contributed by atoms with E-state index in [4.69, 9.17) is 0 Å². The molecular formula is C11H10N2O3. The molecule has 0 N–H and O–H groups in total. The highest BCUT2D eigenvalue weighted by Crippen LogP contribution is 2.49.